The van der Waals surface area contributed by atoms with Crippen molar-refractivity contribution in [3.05, 3.63) is 36.5 Å². The second-order valence-corrected chi connectivity index (χ2v) is 2.61. The minimum Gasteiger partial charge on any atom is -0.346 e. The van der Waals surface area contributed by atoms with Gasteiger partial charge in [-0.3, -0.25) is 4.79 Å². The largest absolute Gasteiger partial charge is 0.346 e. The van der Waals surface area contributed by atoms with Gasteiger partial charge in [0.15, 0.2) is 6.29 Å². The molecule has 0 unspecified atom stereocenters. The van der Waals surface area contributed by atoms with E-state index in [0.29, 0.717) is 30.6 Å². The average molecular weight is 180 g/mol. The molecule has 70 valence electrons. The molecule has 1 aliphatic heterocycles. The minimum absolute atomic E-state index is 0.408. The van der Waals surface area contributed by atoms with Crippen molar-refractivity contribution in [1.29, 1.82) is 0 Å². The Morgan fingerprint density at radius 1 is 1.38 bits per heavy atom. The van der Waals surface area contributed by atoms with Crippen LogP contribution in [0.15, 0.2) is 36.5 Å². The van der Waals surface area contributed by atoms with Gasteiger partial charge < -0.3 is 9.47 Å². The van der Waals surface area contributed by atoms with E-state index in [0.717, 1.165) is 0 Å². The zero-order valence-corrected chi connectivity index (χ0v) is 7.36. The van der Waals surface area contributed by atoms with E-state index in [-0.39, 0.29) is 0 Å². The molecule has 0 aromatic carbocycles. The molecule has 1 heterocycles. The summed E-state index contributed by atoms with van der Waals surface area (Å²) in [4.78, 5) is 10.4. The van der Waals surface area contributed by atoms with Gasteiger partial charge in [-0.2, -0.15) is 0 Å². The lowest BCUT2D eigenvalue weighted by Gasteiger charge is -2.08. The first kappa shape index (κ1) is 9.89. The summed E-state index contributed by atoms with van der Waals surface area (Å²) in [6, 6.07) is 0. The fourth-order valence-electron chi connectivity index (χ4n) is 0.996. The standard InChI is InChI=1S/C10H12O3/c1-3-9(7-11)6-8(2)10-12-4-5-13-10/h3,6-7,10H,1-2,4-5H2/b9-6+. The van der Waals surface area contributed by atoms with Gasteiger partial charge in [-0.25, -0.2) is 0 Å². The SMILES string of the molecule is C=C/C(C=O)=C\C(=C)C1OCCO1. The number of ether oxygens (including phenoxy) is 2. The maximum Gasteiger partial charge on any atom is 0.183 e. The van der Waals surface area contributed by atoms with Gasteiger partial charge in [0.2, 0.25) is 0 Å². The Morgan fingerprint density at radius 3 is 2.46 bits per heavy atom. The van der Waals surface area contributed by atoms with Gasteiger partial charge in [-0.05, 0) is 6.08 Å². The Morgan fingerprint density at radius 2 is 2.00 bits per heavy atom. The van der Waals surface area contributed by atoms with Crippen LogP contribution < -0.4 is 0 Å². The molecule has 0 amide bonds. The van der Waals surface area contributed by atoms with E-state index in [1.807, 2.05) is 0 Å². The predicted octanol–water partition coefficient (Wildman–Crippen LogP) is 1.23. The van der Waals surface area contributed by atoms with E-state index >= 15 is 0 Å². The highest BCUT2D eigenvalue weighted by Gasteiger charge is 2.17. The normalized spacial score (nSPS) is 18.6. The zero-order valence-electron chi connectivity index (χ0n) is 7.36. The molecular formula is C10H12O3. The van der Waals surface area contributed by atoms with Crippen LogP contribution in [0.1, 0.15) is 0 Å². The molecule has 1 saturated heterocycles. The number of hydrogen-bond acceptors (Lipinski definition) is 3. The number of rotatable bonds is 4. The summed E-state index contributed by atoms with van der Waals surface area (Å²) in [6.45, 7) is 8.37. The monoisotopic (exact) mass is 180 g/mol. The summed E-state index contributed by atoms with van der Waals surface area (Å²) in [5.74, 6) is 0. The van der Waals surface area contributed by atoms with Crippen LogP contribution in [0.25, 0.3) is 0 Å². The third kappa shape index (κ3) is 2.65. The molecule has 0 N–H and O–H groups in total. The molecule has 3 nitrogen and oxygen atoms in total. The maximum absolute atomic E-state index is 10.4. The van der Waals surface area contributed by atoms with Crippen molar-refractivity contribution >= 4 is 6.29 Å². The smallest absolute Gasteiger partial charge is 0.183 e. The number of carbonyl (C=O) groups excluding carboxylic acids is 1. The van der Waals surface area contributed by atoms with Crippen molar-refractivity contribution in [3.8, 4) is 0 Å². The average Bonchev–Trinajstić information content (AvgIpc) is 2.66. The molecule has 1 fully saturated rings. The highest BCUT2D eigenvalue weighted by atomic mass is 16.7. The van der Waals surface area contributed by atoms with Crippen LogP contribution in [-0.4, -0.2) is 25.8 Å². The van der Waals surface area contributed by atoms with Gasteiger partial charge in [0.05, 0.1) is 13.2 Å². The first-order chi connectivity index (χ1) is 6.27. The van der Waals surface area contributed by atoms with Crippen molar-refractivity contribution < 1.29 is 14.3 Å². The second-order valence-electron chi connectivity index (χ2n) is 2.61. The predicted molar refractivity (Wildman–Crippen MR) is 49.2 cm³/mol. The van der Waals surface area contributed by atoms with Gasteiger partial charge in [-0.1, -0.05) is 19.2 Å². The summed E-state index contributed by atoms with van der Waals surface area (Å²) in [5.41, 5.74) is 1.11. The van der Waals surface area contributed by atoms with Crippen LogP contribution in [0.3, 0.4) is 0 Å². The van der Waals surface area contributed by atoms with E-state index in [2.05, 4.69) is 13.2 Å². The summed E-state index contributed by atoms with van der Waals surface area (Å²) >= 11 is 0. The molecule has 0 bridgehead atoms. The van der Waals surface area contributed by atoms with Crippen LogP contribution in [-0.2, 0) is 14.3 Å². The van der Waals surface area contributed by atoms with Gasteiger partial charge in [0.25, 0.3) is 0 Å². The van der Waals surface area contributed by atoms with Crippen molar-refractivity contribution in [2.45, 2.75) is 6.29 Å². The van der Waals surface area contributed by atoms with Crippen LogP contribution in [0.5, 0.6) is 0 Å². The summed E-state index contributed by atoms with van der Waals surface area (Å²) in [7, 11) is 0. The first-order valence-corrected chi connectivity index (χ1v) is 3.99. The van der Waals surface area contributed by atoms with Gasteiger partial charge in [0, 0.05) is 11.1 Å². The van der Waals surface area contributed by atoms with E-state index < -0.39 is 6.29 Å². The lowest BCUT2D eigenvalue weighted by atomic mass is 10.2. The van der Waals surface area contributed by atoms with Crippen LogP contribution >= 0.6 is 0 Å². The van der Waals surface area contributed by atoms with E-state index in [1.165, 1.54) is 6.08 Å². The van der Waals surface area contributed by atoms with Crippen LogP contribution in [0, 0.1) is 0 Å². The summed E-state index contributed by atoms with van der Waals surface area (Å²) < 4.78 is 10.4. The highest BCUT2D eigenvalue weighted by molar-refractivity contribution is 5.78. The third-order valence-corrected chi connectivity index (χ3v) is 1.65. The molecule has 0 spiro atoms. The summed E-state index contributed by atoms with van der Waals surface area (Å²) in [5, 5.41) is 0. The Hall–Kier alpha value is -1.19. The van der Waals surface area contributed by atoms with Crippen LogP contribution in [0.4, 0.5) is 0 Å². The molecule has 1 rings (SSSR count). The first-order valence-electron chi connectivity index (χ1n) is 3.99. The molecule has 13 heavy (non-hydrogen) atoms. The van der Waals surface area contributed by atoms with Crippen molar-refractivity contribution in [2.75, 3.05) is 13.2 Å². The highest BCUT2D eigenvalue weighted by Crippen LogP contribution is 2.14. The number of hydrogen-bond donors (Lipinski definition) is 0. The van der Waals surface area contributed by atoms with Gasteiger partial charge in [0.1, 0.15) is 6.29 Å². The number of allylic oxidation sites excluding steroid dienone is 2. The lowest BCUT2D eigenvalue weighted by Crippen LogP contribution is -2.09. The maximum atomic E-state index is 10.4. The van der Waals surface area contributed by atoms with E-state index in [9.17, 15) is 4.79 Å². The van der Waals surface area contributed by atoms with Crippen LogP contribution in [0.2, 0.25) is 0 Å². The Labute approximate surface area is 77.3 Å². The molecular weight excluding hydrogens is 168 g/mol. The third-order valence-electron chi connectivity index (χ3n) is 1.65. The molecule has 0 aliphatic carbocycles. The molecule has 0 saturated carbocycles. The van der Waals surface area contributed by atoms with E-state index in [1.54, 1.807) is 6.08 Å². The minimum atomic E-state index is -0.408. The lowest BCUT2D eigenvalue weighted by molar-refractivity contribution is -0.104. The molecule has 3 heteroatoms. The van der Waals surface area contributed by atoms with Crippen molar-refractivity contribution in [2.24, 2.45) is 0 Å². The molecule has 0 aromatic rings. The molecule has 0 atom stereocenters. The van der Waals surface area contributed by atoms with Crippen molar-refractivity contribution in [1.82, 2.24) is 0 Å². The molecule has 1 aliphatic rings. The number of aldehydes is 1. The fraction of sp³-hybridized carbons (Fsp3) is 0.300. The van der Waals surface area contributed by atoms with Crippen molar-refractivity contribution in [3.63, 3.8) is 0 Å². The summed E-state index contributed by atoms with van der Waals surface area (Å²) in [6.07, 6.45) is 3.38. The Kier molecular flexibility index (Phi) is 3.61. The fourth-order valence-corrected chi connectivity index (χ4v) is 0.996. The molecule has 0 aromatic heterocycles. The second kappa shape index (κ2) is 4.74. The zero-order chi connectivity index (χ0) is 9.68. The topological polar surface area (TPSA) is 35.5 Å². The van der Waals surface area contributed by atoms with Gasteiger partial charge >= 0.3 is 0 Å². The Bertz CT molecular complexity index is 237. The molecule has 0 radical (unpaired) electrons. The quantitative estimate of drug-likeness (QED) is 0.371. The Balaban J connectivity index is 2.61. The van der Waals surface area contributed by atoms with Gasteiger partial charge in [-0.15, -0.1) is 0 Å². The van der Waals surface area contributed by atoms with E-state index in [4.69, 9.17) is 9.47 Å². The number of carbonyl (C=O) groups is 1.